The molecule has 2 aromatic rings. The summed E-state index contributed by atoms with van der Waals surface area (Å²) in [7, 11) is 1.95. The lowest BCUT2D eigenvalue weighted by molar-refractivity contribution is -0.125. The van der Waals surface area contributed by atoms with Gasteiger partial charge in [-0.2, -0.15) is 0 Å². The van der Waals surface area contributed by atoms with E-state index in [0.29, 0.717) is 13.1 Å². The second-order valence-corrected chi connectivity index (χ2v) is 5.86. The maximum absolute atomic E-state index is 12.2. The number of hydrogen-bond donors (Lipinski definition) is 1. The number of likely N-dealkylation sites (N-methyl/N-ethyl adjacent to an activating group) is 1. The highest BCUT2D eigenvalue weighted by molar-refractivity contribution is 6.30. The molecule has 2 rings (SSSR count). The Kier molecular flexibility index (Phi) is 5.99. The largest absolute Gasteiger partial charge is 0.351 e. The van der Waals surface area contributed by atoms with Crippen molar-refractivity contribution in [2.75, 3.05) is 7.05 Å². The van der Waals surface area contributed by atoms with Gasteiger partial charge in [0, 0.05) is 18.1 Å². The maximum atomic E-state index is 12.2. The van der Waals surface area contributed by atoms with E-state index in [9.17, 15) is 4.79 Å². The standard InChI is InChI=1S/C18H21ClN2O/c1-14(18(22)20-12-15-6-4-3-5-7-15)21(2)13-16-8-10-17(19)11-9-16/h3-11,14H,12-13H2,1-2H3,(H,20,22). The van der Waals surface area contributed by atoms with E-state index in [1.165, 1.54) is 0 Å². The normalized spacial score (nSPS) is 12.2. The van der Waals surface area contributed by atoms with Crippen LogP contribution in [0.1, 0.15) is 18.1 Å². The first kappa shape index (κ1) is 16.5. The molecule has 1 N–H and O–H groups in total. The highest BCUT2D eigenvalue weighted by Crippen LogP contribution is 2.12. The van der Waals surface area contributed by atoms with E-state index in [-0.39, 0.29) is 11.9 Å². The number of nitrogens with zero attached hydrogens (tertiary/aromatic N) is 1. The molecule has 116 valence electrons. The van der Waals surface area contributed by atoms with Crippen molar-refractivity contribution in [1.82, 2.24) is 10.2 Å². The van der Waals surface area contributed by atoms with Gasteiger partial charge in [0.1, 0.15) is 0 Å². The topological polar surface area (TPSA) is 32.3 Å². The van der Waals surface area contributed by atoms with Crippen LogP contribution in [-0.2, 0) is 17.9 Å². The molecular formula is C18H21ClN2O. The molecule has 1 unspecified atom stereocenters. The zero-order valence-corrected chi connectivity index (χ0v) is 13.7. The number of nitrogens with one attached hydrogen (secondary N) is 1. The molecule has 1 amide bonds. The number of amides is 1. The van der Waals surface area contributed by atoms with Crippen LogP contribution in [0.4, 0.5) is 0 Å². The van der Waals surface area contributed by atoms with Crippen LogP contribution in [0.5, 0.6) is 0 Å². The van der Waals surface area contributed by atoms with Gasteiger partial charge >= 0.3 is 0 Å². The average Bonchev–Trinajstić information content (AvgIpc) is 2.55. The summed E-state index contributed by atoms with van der Waals surface area (Å²) in [4.78, 5) is 14.2. The Hall–Kier alpha value is -1.84. The first-order valence-corrected chi connectivity index (χ1v) is 7.70. The molecule has 0 aliphatic heterocycles. The number of carbonyl (C=O) groups is 1. The monoisotopic (exact) mass is 316 g/mol. The summed E-state index contributed by atoms with van der Waals surface area (Å²) in [6.07, 6.45) is 0. The number of halogens is 1. The second-order valence-electron chi connectivity index (χ2n) is 5.42. The van der Waals surface area contributed by atoms with Crippen LogP contribution in [0.25, 0.3) is 0 Å². The molecule has 4 heteroatoms. The van der Waals surface area contributed by atoms with Crippen molar-refractivity contribution in [3.05, 3.63) is 70.7 Å². The third-order valence-electron chi connectivity index (χ3n) is 3.70. The van der Waals surface area contributed by atoms with Gasteiger partial charge in [-0.3, -0.25) is 9.69 Å². The van der Waals surface area contributed by atoms with Crippen molar-refractivity contribution < 1.29 is 4.79 Å². The van der Waals surface area contributed by atoms with Crippen LogP contribution >= 0.6 is 11.6 Å². The smallest absolute Gasteiger partial charge is 0.237 e. The van der Waals surface area contributed by atoms with Crippen molar-refractivity contribution in [2.24, 2.45) is 0 Å². The molecule has 0 aromatic heterocycles. The number of benzene rings is 2. The molecule has 0 saturated heterocycles. The Balaban J connectivity index is 1.85. The fraction of sp³-hybridized carbons (Fsp3) is 0.278. The predicted molar refractivity (Wildman–Crippen MR) is 90.7 cm³/mol. The fourth-order valence-corrected chi connectivity index (χ4v) is 2.27. The summed E-state index contributed by atoms with van der Waals surface area (Å²) < 4.78 is 0. The minimum Gasteiger partial charge on any atom is -0.351 e. The zero-order valence-electron chi connectivity index (χ0n) is 12.9. The summed E-state index contributed by atoms with van der Waals surface area (Å²) in [5.41, 5.74) is 2.23. The predicted octanol–water partition coefficient (Wildman–Crippen LogP) is 3.48. The van der Waals surface area contributed by atoms with E-state index in [2.05, 4.69) is 5.32 Å². The third kappa shape index (κ3) is 4.86. The molecule has 0 fully saturated rings. The molecule has 0 aliphatic carbocycles. The maximum Gasteiger partial charge on any atom is 0.237 e. The van der Waals surface area contributed by atoms with Gasteiger partial charge in [-0.05, 0) is 37.2 Å². The van der Waals surface area contributed by atoms with E-state index < -0.39 is 0 Å². The molecule has 0 bridgehead atoms. The summed E-state index contributed by atoms with van der Waals surface area (Å²) in [6.45, 7) is 3.17. The molecular weight excluding hydrogens is 296 g/mol. The van der Waals surface area contributed by atoms with E-state index in [1.807, 2.05) is 73.5 Å². The highest BCUT2D eigenvalue weighted by Gasteiger charge is 2.17. The van der Waals surface area contributed by atoms with Gasteiger partial charge in [-0.1, -0.05) is 54.1 Å². The van der Waals surface area contributed by atoms with Crippen LogP contribution in [0.15, 0.2) is 54.6 Å². The molecule has 0 heterocycles. The molecule has 22 heavy (non-hydrogen) atoms. The number of rotatable bonds is 6. The Labute approximate surface area is 136 Å². The lowest BCUT2D eigenvalue weighted by Gasteiger charge is -2.24. The Morgan fingerprint density at radius 3 is 2.36 bits per heavy atom. The van der Waals surface area contributed by atoms with E-state index in [0.717, 1.165) is 16.1 Å². The van der Waals surface area contributed by atoms with E-state index in [1.54, 1.807) is 0 Å². The first-order chi connectivity index (χ1) is 10.6. The number of carbonyl (C=O) groups excluding carboxylic acids is 1. The molecule has 0 saturated carbocycles. The minimum absolute atomic E-state index is 0.0281. The average molecular weight is 317 g/mol. The lowest BCUT2D eigenvalue weighted by atomic mass is 10.2. The summed E-state index contributed by atoms with van der Waals surface area (Å²) in [5.74, 6) is 0.0281. The quantitative estimate of drug-likeness (QED) is 0.885. The molecule has 0 spiro atoms. The third-order valence-corrected chi connectivity index (χ3v) is 3.95. The van der Waals surface area contributed by atoms with Crippen molar-refractivity contribution in [1.29, 1.82) is 0 Å². The molecule has 0 radical (unpaired) electrons. The Morgan fingerprint density at radius 1 is 1.09 bits per heavy atom. The van der Waals surface area contributed by atoms with Gasteiger partial charge in [0.05, 0.1) is 6.04 Å². The summed E-state index contributed by atoms with van der Waals surface area (Å²) in [5, 5.41) is 3.70. The van der Waals surface area contributed by atoms with Crippen molar-refractivity contribution >= 4 is 17.5 Å². The molecule has 1 atom stereocenters. The van der Waals surface area contributed by atoms with Crippen LogP contribution in [0.2, 0.25) is 5.02 Å². The highest BCUT2D eigenvalue weighted by atomic mass is 35.5. The Morgan fingerprint density at radius 2 is 1.73 bits per heavy atom. The molecule has 3 nitrogen and oxygen atoms in total. The van der Waals surface area contributed by atoms with E-state index in [4.69, 9.17) is 11.6 Å². The van der Waals surface area contributed by atoms with E-state index >= 15 is 0 Å². The van der Waals surface area contributed by atoms with Gasteiger partial charge in [-0.15, -0.1) is 0 Å². The van der Waals surface area contributed by atoms with Crippen LogP contribution in [-0.4, -0.2) is 23.9 Å². The summed E-state index contributed by atoms with van der Waals surface area (Å²) in [6, 6.07) is 17.4. The molecule has 2 aromatic carbocycles. The van der Waals surface area contributed by atoms with Gasteiger partial charge in [0.25, 0.3) is 0 Å². The van der Waals surface area contributed by atoms with Crippen LogP contribution in [0, 0.1) is 0 Å². The summed E-state index contributed by atoms with van der Waals surface area (Å²) >= 11 is 5.88. The number of hydrogen-bond acceptors (Lipinski definition) is 2. The SMILES string of the molecule is CC(C(=O)NCc1ccccc1)N(C)Cc1ccc(Cl)cc1. The second kappa shape index (κ2) is 7.97. The van der Waals surface area contributed by atoms with Gasteiger partial charge < -0.3 is 5.32 Å². The van der Waals surface area contributed by atoms with Crippen LogP contribution in [0.3, 0.4) is 0 Å². The van der Waals surface area contributed by atoms with Crippen molar-refractivity contribution in [2.45, 2.75) is 26.1 Å². The van der Waals surface area contributed by atoms with Gasteiger partial charge in [0.2, 0.25) is 5.91 Å². The van der Waals surface area contributed by atoms with Crippen LogP contribution < -0.4 is 5.32 Å². The fourth-order valence-electron chi connectivity index (χ4n) is 2.15. The minimum atomic E-state index is -0.195. The molecule has 0 aliphatic rings. The zero-order chi connectivity index (χ0) is 15.9. The Bertz CT molecular complexity index is 598. The van der Waals surface area contributed by atoms with Crippen molar-refractivity contribution in [3.63, 3.8) is 0 Å². The van der Waals surface area contributed by atoms with Gasteiger partial charge in [-0.25, -0.2) is 0 Å². The van der Waals surface area contributed by atoms with Gasteiger partial charge in [0.15, 0.2) is 0 Å². The van der Waals surface area contributed by atoms with Crippen molar-refractivity contribution in [3.8, 4) is 0 Å². The first-order valence-electron chi connectivity index (χ1n) is 7.32. The lowest BCUT2D eigenvalue weighted by Crippen LogP contribution is -2.42.